The summed E-state index contributed by atoms with van der Waals surface area (Å²) in [4.78, 5) is 23.7. The van der Waals surface area contributed by atoms with Gasteiger partial charge in [0.1, 0.15) is 11.5 Å². The highest BCUT2D eigenvalue weighted by molar-refractivity contribution is 5.92. The van der Waals surface area contributed by atoms with Crippen molar-refractivity contribution in [2.75, 3.05) is 0 Å². The van der Waals surface area contributed by atoms with E-state index < -0.39 is 11.9 Å². The minimum Gasteiger partial charge on any atom is -0.423 e. The van der Waals surface area contributed by atoms with Gasteiger partial charge in [-0.1, -0.05) is 64.1 Å². The summed E-state index contributed by atoms with van der Waals surface area (Å²) in [6, 6.07) is 15.4. The van der Waals surface area contributed by atoms with Gasteiger partial charge < -0.3 is 9.47 Å². The van der Waals surface area contributed by atoms with Crippen molar-refractivity contribution in [3.63, 3.8) is 0 Å². The van der Waals surface area contributed by atoms with Crippen molar-refractivity contribution in [2.45, 2.75) is 66.2 Å². The summed E-state index contributed by atoms with van der Waals surface area (Å²) in [5, 5.41) is 0. The summed E-state index contributed by atoms with van der Waals surface area (Å²) >= 11 is 0. The minimum atomic E-state index is -0.425. The summed E-state index contributed by atoms with van der Waals surface area (Å²) < 4.78 is 10.7. The summed E-state index contributed by atoms with van der Waals surface area (Å²) in [5.41, 5.74) is 5.55. The van der Waals surface area contributed by atoms with Crippen molar-refractivity contribution < 1.29 is 19.1 Å². The summed E-state index contributed by atoms with van der Waals surface area (Å²) in [7, 11) is 0. The number of carbonyl (C=O) groups is 2. The first kappa shape index (κ1) is 26.8. The minimum absolute atomic E-state index is 0.367. The molecule has 2 aromatic carbocycles. The highest BCUT2D eigenvalue weighted by atomic mass is 16.5. The number of esters is 2. The van der Waals surface area contributed by atoms with Crippen molar-refractivity contribution in [1.82, 2.24) is 0 Å². The molecule has 0 fully saturated rings. The van der Waals surface area contributed by atoms with Gasteiger partial charge in [0.2, 0.25) is 0 Å². The second kappa shape index (κ2) is 13.3. The molecule has 0 bridgehead atoms. The van der Waals surface area contributed by atoms with E-state index in [-0.39, 0.29) is 0 Å². The average Bonchev–Trinajstić information content (AvgIpc) is 2.82. The van der Waals surface area contributed by atoms with Crippen molar-refractivity contribution in [3.8, 4) is 11.5 Å². The molecule has 0 radical (unpaired) electrons. The zero-order chi connectivity index (χ0) is 25.1. The Labute approximate surface area is 204 Å². The van der Waals surface area contributed by atoms with Crippen molar-refractivity contribution in [2.24, 2.45) is 0 Å². The largest absolute Gasteiger partial charge is 0.423 e. The molecule has 2 rings (SSSR count). The Morgan fingerprint density at radius 2 is 0.971 bits per heavy atom. The lowest BCUT2D eigenvalue weighted by Gasteiger charge is -2.18. The van der Waals surface area contributed by atoms with Gasteiger partial charge in [-0.25, -0.2) is 9.59 Å². The number of carbonyl (C=O) groups excluding carboxylic acids is 2. The first-order valence-electron chi connectivity index (χ1n) is 11.9. The normalized spacial score (nSPS) is 11.4. The van der Waals surface area contributed by atoms with Crippen LogP contribution in [0.1, 0.15) is 77.3 Å². The number of benzene rings is 2. The van der Waals surface area contributed by atoms with Crippen LogP contribution in [0.25, 0.3) is 11.1 Å². The molecule has 0 unspecified atom stereocenters. The van der Waals surface area contributed by atoms with E-state index in [1.54, 1.807) is 13.8 Å². The SMILES string of the molecule is C=C(C)C(=O)Oc1ccc(C(CCCC)=C(CCCC)c2ccc(OC(=O)C(=C)C)cc2)cc1. The lowest BCUT2D eigenvalue weighted by molar-refractivity contribution is -0.130. The van der Waals surface area contributed by atoms with Gasteiger partial charge in [-0.2, -0.15) is 0 Å². The number of unbranched alkanes of at least 4 members (excludes halogenated alkanes) is 2. The number of ether oxygens (including phenoxy) is 2. The molecule has 2 aromatic rings. The van der Waals surface area contributed by atoms with Gasteiger partial charge in [-0.3, -0.25) is 0 Å². The van der Waals surface area contributed by atoms with E-state index in [0.29, 0.717) is 22.6 Å². The maximum absolute atomic E-state index is 11.8. The van der Waals surface area contributed by atoms with E-state index >= 15 is 0 Å². The molecule has 4 nitrogen and oxygen atoms in total. The predicted molar refractivity (Wildman–Crippen MR) is 140 cm³/mol. The van der Waals surface area contributed by atoms with Gasteiger partial charge in [0.15, 0.2) is 0 Å². The van der Waals surface area contributed by atoms with Crippen LogP contribution in [0.5, 0.6) is 11.5 Å². The van der Waals surface area contributed by atoms with E-state index in [1.807, 2.05) is 48.5 Å². The van der Waals surface area contributed by atoms with Crippen LogP contribution in [-0.2, 0) is 9.59 Å². The number of hydrogen-bond donors (Lipinski definition) is 0. The number of allylic oxidation sites excluding steroid dienone is 2. The maximum atomic E-state index is 11.8. The Balaban J connectivity index is 2.45. The molecule has 0 atom stereocenters. The van der Waals surface area contributed by atoms with Gasteiger partial charge in [-0.15, -0.1) is 0 Å². The molecule has 0 saturated carbocycles. The van der Waals surface area contributed by atoms with E-state index in [1.165, 1.54) is 11.1 Å². The van der Waals surface area contributed by atoms with E-state index in [9.17, 15) is 9.59 Å². The number of hydrogen-bond acceptors (Lipinski definition) is 4. The molecule has 0 aliphatic carbocycles. The smallest absolute Gasteiger partial charge is 0.338 e. The van der Waals surface area contributed by atoms with Crippen molar-refractivity contribution in [1.29, 1.82) is 0 Å². The Morgan fingerprint density at radius 3 is 1.24 bits per heavy atom. The van der Waals surface area contributed by atoms with Crippen LogP contribution in [0.4, 0.5) is 0 Å². The fourth-order valence-electron chi connectivity index (χ4n) is 3.48. The highest BCUT2D eigenvalue weighted by Gasteiger charge is 2.14. The molecule has 0 saturated heterocycles. The molecular formula is C30H36O4. The molecule has 34 heavy (non-hydrogen) atoms. The molecule has 0 amide bonds. The molecule has 4 heteroatoms. The van der Waals surface area contributed by atoms with Crippen molar-refractivity contribution >= 4 is 23.1 Å². The Bertz CT molecular complexity index is 955. The molecule has 0 aromatic heterocycles. The van der Waals surface area contributed by atoms with Crippen LogP contribution in [0.3, 0.4) is 0 Å². The predicted octanol–water partition coefficient (Wildman–Crippen LogP) is 7.94. The quantitative estimate of drug-likeness (QED) is 0.140. The summed E-state index contributed by atoms with van der Waals surface area (Å²) in [6.45, 7) is 14.9. The van der Waals surface area contributed by atoms with Crippen molar-refractivity contribution in [3.05, 3.63) is 84.0 Å². The van der Waals surface area contributed by atoms with Crippen LogP contribution in [0.2, 0.25) is 0 Å². The lowest BCUT2D eigenvalue weighted by Crippen LogP contribution is -2.08. The number of rotatable bonds is 12. The monoisotopic (exact) mass is 460 g/mol. The third-order valence-corrected chi connectivity index (χ3v) is 5.45. The van der Waals surface area contributed by atoms with E-state index in [2.05, 4.69) is 27.0 Å². The highest BCUT2D eigenvalue weighted by Crippen LogP contribution is 2.35. The molecule has 180 valence electrons. The lowest BCUT2D eigenvalue weighted by atomic mass is 9.88. The van der Waals surface area contributed by atoms with Gasteiger partial charge in [0.05, 0.1) is 0 Å². The van der Waals surface area contributed by atoms with Gasteiger partial charge in [0, 0.05) is 11.1 Å². The topological polar surface area (TPSA) is 52.6 Å². The van der Waals surface area contributed by atoms with Crippen LogP contribution in [0.15, 0.2) is 72.8 Å². The van der Waals surface area contributed by atoms with E-state index in [0.717, 1.165) is 49.7 Å². The van der Waals surface area contributed by atoms with Crippen LogP contribution < -0.4 is 9.47 Å². The first-order valence-corrected chi connectivity index (χ1v) is 11.9. The van der Waals surface area contributed by atoms with Crippen LogP contribution >= 0.6 is 0 Å². The second-order valence-corrected chi connectivity index (χ2v) is 8.55. The third-order valence-electron chi connectivity index (χ3n) is 5.45. The summed E-state index contributed by atoms with van der Waals surface area (Å²) in [6.07, 6.45) is 6.24. The Morgan fingerprint density at radius 1 is 0.647 bits per heavy atom. The summed E-state index contributed by atoms with van der Waals surface area (Å²) in [5.74, 6) is 0.159. The molecule has 0 N–H and O–H groups in total. The van der Waals surface area contributed by atoms with Gasteiger partial charge >= 0.3 is 11.9 Å². The maximum Gasteiger partial charge on any atom is 0.338 e. The fourth-order valence-corrected chi connectivity index (χ4v) is 3.48. The Kier molecular flexibility index (Phi) is 10.5. The van der Waals surface area contributed by atoms with Gasteiger partial charge in [-0.05, 0) is 86.1 Å². The van der Waals surface area contributed by atoms with Crippen LogP contribution in [0, 0.1) is 0 Å². The van der Waals surface area contributed by atoms with Gasteiger partial charge in [0.25, 0.3) is 0 Å². The third kappa shape index (κ3) is 7.87. The standard InChI is InChI=1S/C30H36O4/c1-7-9-11-27(23-13-17-25(18-14-23)33-29(31)21(3)4)28(12-10-8-2)24-15-19-26(20-16-24)34-30(32)22(5)6/h13-20H,3,5,7-12H2,1-2,4,6H3. The van der Waals surface area contributed by atoms with Crippen LogP contribution in [-0.4, -0.2) is 11.9 Å². The zero-order valence-electron chi connectivity index (χ0n) is 20.9. The first-order chi connectivity index (χ1) is 16.3. The Hall–Kier alpha value is -3.40. The fraction of sp³-hybridized carbons (Fsp3) is 0.333. The molecule has 0 spiro atoms. The molecule has 0 aliphatic rings. The zero-order valence-corrected chi connectivity index (χ0v) is 20.9. The molecule has 0 heterocycles. The molecule has 0 aliphatic heterocycles. The molecular weight excluding hydrogens is 424 g/mol. The second-order valence-electron chi connectivity index (χ2n) is 8.55. The average molecular weight is 461 g/mol. The van der Waals surface area contributed by atoms with E-state index in [4.69, 9.17) is 9.47 Å².